The highest BCUT2D eigenvalue weighted by Gasteiger charge is 2.50. The average Bonchev–Trinajstić information content (AvgIpc) is 3.63. The molecule has 0 unspecified atom stereocenters. The first-order valence-electron chi connectivity index (χ1n) is 14.2. The second-order valence-electron chi connectivity index (χ2n) is 12.1. The van der Waals surface area contributed by atoms with Gasteiger partial charge in [-0.3, -0.25) is 19.2 Å². The Bertz CT molecular complexity index is 1030. The molecule has 1 aliphatic rings. The number of ketones is 3. The van der Waals surface area contributed by atoms with E-state index in [1.54, 1.807) is 6.92 Å². The number of epoxide rings is 1. The SMILES string of the molecule is CC(=O)C[C@@H](CO)C(=O)N[C@@H](CC(C)C)C(=O)C[C@@H](Cc1ccccc1)C(=O)N[C@@H](CC(C)C)C(=O)[C@@]1(C)CO1. The number of nitrogens with one attached hydrogen (secondary N) is 2. The van der Waals surface area contributed by atoms with Gasteiger partial charge in [-0.25, -0.2) is 0 Å². The minimum Gasteiger partial charge on any atom is -0.396 e. The third-order valence-electron chi connectivity index (χ3n) is 7.12. The molecule has 2 rings (SSSR count). The number of hydrogen-bond donors (Lipinski definition) is 3. The van der Waals surface area contributed by atoms with Gasteiger partial charge in [0.15, 0.2) is 11.6 Å². The number of carbonyl (C=O) groups is 5. The number of hydrogen-bond acceptors (Lipinski definition) is 7. The molecule has 1 saturated heterocycles. The number of rotatable bonds is 18. The summed E-state index contributed by atoms with van der Waals surface area (Å²) in [7, 11) is 0. The van der Waals surface area contributed by atoms with E-state index in [2.05, 4.69) is 10.6 Å². The van der Waals surface area contributed by atoms with Crippen LogP contribution in [-0.4, -0.2) is 65.2 Å². The molecule has 3 N–H and O–H groups in total. The fourth-order valence-electron chi connectivity index (χ4n) is 4.77. The predicted octanol–water partition coefficient (Wildman–Crippen LogP) is 2.81. The van der Waals surface area contributed by atoms with Crippen LogP contribution in [0.3, 0.4) is 0 Å². The summed E-state index contributed by atoms with van der Waals surface area (Å²) >= 11 is 0. The van der Waals surface area contributed by atoms with E-state index in [9.17, 15) is 29.1 Å². The number of Topliss-reactive ketones (excluding diaryl/α,β-unsaturated/α-hetero) is 3. The summed E-state index contributed by atoms with van der Waals surface area (Å²) in [5.74, 6) is -3.22. The number of aliphatic hydroxyl groups is 1. The van der Waals surface area contributed by atoms with Crippen molar-refractivity contribution < 1.29 is 33.8 Å². The Morgan fingerprint density at radius 3 is 1.90 bits per heavy atom. The van der Waals surface area contributed by atoms with Crippen LogP contribution in [0.2, 0.25) is 0 Å². The molecule has 9 nitrogen and oxygen atoms in total. The standard InChI is InChI=1S/C31H46N2O7/c1-19(2)12-25(32-30(39)24(17-34)14-21(5)35)27(36)16-23(15-22-10-8-7-9-11-22)29(38)33-26(13-20(3)4)28(37)31(6)18-40-31/h7-11,19-20,23-26,34H,12-18H2,1-6H3,(H,32,39)(H,33,38)/t23-,24+,25+,26+,31-/m1/s1. The van der Waals surface area contributed by atoms with E-state index in [-0.39, 0.29) is 48.4 Å². The molecule has 0 aromatic heterocycles. The molecule has 9 heteroatoms. The van der Waals surface area contributed by atoms with Gasteiger partial charge in [0.25, 0.3) is 0 Å². The maximum atomic E-state index is 13.7. The molecule has 0 spiro atoms. The molecule has 0 radical (unpaired) electrons. The molecule has 1 aromatic carbocycles. The van der Waals surface area contributed by atoms with E-state index < -0.39 is 47.9 Å². The lowest BCUT2D eigenvalue weighted by atomic mass is 9.87. The van der Waals surface area contributed by atoms with E-state index in [1.807, 2.05) is 58.0 Å². The van der Waals surface area contributed by atoms with Gasteiger partial charge < -0.3 is 25.3 Å². The second-order valence-corrected chi connectivity index (χ2v) is 12.1. The van der Waals surface area contributed by atoms with Crippen LogP contribution in [0.25, 0.3) is 0 Å². The van der Waals surface area contributed by atoms with E-state index in [1.165, 1.54) is 6.92 Å². The average molecular weight is 559 g/mol. The van der Waals surface area contributed by atoms with Gasteiger partial charge in [-0.05, 0) is 50.5 Å². The van der Waals surface area contributed by atoms with Gasteiger partial charge in [0.1, 0.15) is 11.4 Å². The van der Waals surface area contributed by atoms with Gasteiger partial charge in [0, 0.05) is 18.8 Å². The van der Waals surface area contributed by atoms with Crippen molar-refractivity contribution in [3.63, 3.8) is 0 Å². The minimum atomic E-state index is -0.947. The van der Waals surface area contributed by atoms with Gasteiger partial charge >= 0.3 is 0 Å². The zero-order valence-electron chi connectivity index (χ0n) is 24.7. The second kappa shape index (κ2) is 15.2. The first-order valence-corrected chi connectivity index (χ1v) is 14.2. The number of carbonyl (C=O) groups excluding carboxylic acids is 5. The Morgan fingerprint density at radius 2 is 1.40 bits per heavy atom. The normalized spacial score (nSPS) is 19.4. The van der Waals surface area contributed by atoms with Crippen LogP contribution in [-0.2, 0) is 35.1 Å². The Labute approximate surface area is 237 Å². The van der Waals surface area contributed by atoms with Crippen LogP contribution >= 0.6 is 0 Å². The monoisotopic (exact) mass is 558 g/mol. The highest BCUT2D eigenvalue weighted by Crippen LogP contribution is 2.30. The van der Waals surface area contributed by atoms with E-state index in [0.717, 1.165) is 5.56 Å². The zero-order chi connectivity index (χ0) is 30.0. The van der Waals surface area contributed by atoms with Gasteiger partial charge in [0.05, 0.1) is 31.2 Å². The predicted molar refractivity (Wildman–Crippen MR) is 151 cm³/mol. The van der Waals surface area contributed by atoms with Crippen molar-refractivity contribution in [3.05, 3.63) is 35.9 Å². The van der Waals surface area contributed by atoms with Gasteiger partial charge in [-0.1, -0.05) is 58.0 Å². The molecule has 2 amide bonds. The highest BCUT2D eigenvalue weighted by molar-refractivity contribution is 5.98. The molecule has 0 saturated carbocycles. The maximum Gasteiger partial charge on any atom is 0.226 e. The van der Waals surface area contributed by atoms with Crippen LogP contribution in [0.5, 0.6) is 0 Å². The highest BCUT2D eigenvalue weighted by atomic mass is 16.6. The molecule has 0 bridgehead atoms. The topological polar surface area (TPSA) is 142 Å². The van der Waals surface area contributed by atoms with Crippen molar-refractivity contribution in [2.75, 3.05) is 13.2 Å². The van der Waals surface area contributed by atoms with Crippen molar-refractivity contribution in [2.24, 2.45) is 23.7 Å². The summed E-state index contributed by atoms with van der Waals surface area (Å²) in [6, 6.07) is 7.71. The third-order valence-corrected chi connectivity index (χ3v) is 7.12. The van der Waals surface area contributed by atoms with Gasteiger partial charge in [0.2, 0.25) is 11.8 Å². The molecular weight excluding hydrogens is 512 g/mol. The fourth-order valence-corrected chi connectivity index (χ4v) is 4.77. The molecule has 1 fully saturated rings. The van der Waals surface area contributed by atoms with E-state index in [0.29, 0.717) is 19.4 Å². The lowest BCUT2D eigenvalue weighted by molar-refractivity contribution is -0.136. The Balaban J connectivity index is 2.27. The molecular formula is C31H46N2O7. The summed E-state index contributed by atoms with van der Waals surface area (Å²) in [6.45, 7) is 10.6. The minimum absolute atomic E-state index is 0.0587. The maximum absolute atomic E-state index is 13.7. The van der Waals surface area contributed by atoms with Crippen molar-refractivity contribution in [2.45, 2.75) is 91.3 Å². The summed E-state index contributed by atoms with van der Waals surface area (Å²) in [5, 5.41) is 15.3. The van der Waals surface area contributed by atoms with E-state index in [4.69, 9.17) is 4.74 Å². The Hall–Kier alpha value is -2.91. The summed E-state index contributed by atoms with van der Waals surface area (Å²) in [6.07, 6.45) is 0.788. The van der Waals surface area contributed by atoms with Gasteiger partial charge in [-0.15, -0.1) is 0 Å². The third kappa shape index (κ3) is 10.6. The number of benzene rings is 1. The summed E-state index contributed by atoms with van der Waals surface area (Å²) in [5.41, 5.74) is -0.0289. The van der Waals surface area contributed by atoms with Crippen molar-refractivity contribution in [1.29, 1.82) is 0 Å². The summed E-state index contributed by atoms with van der Waals surface area (Å²) in [4.78, 5) is 64.8. The Morgan fingerprint density at radius 1 is 0.875 bits per heavy atom. The van der Waals surface area contributed by atoms with Crippen LogP contribution in [0.1, 0.15) is 72.8 Å². The van der Waals surface area contributed by atoms with Crippen molar-refractivity contribution >= 4 is 29.2 Å². The lowest BCUT2D eigenvalue weighted by Gasteiger charge is -2.26. The molecule has 1 aliphatic heterocycles. The van der Waals surface area contributed by atoms with Gasteiger partial charge in [-0.2, -0.15) is 0 Å². The smallest absolute Gasteiger partial charge is 0.226 e. The lowest BCUT2D eigenvalue weighted by Crippen LogP contribution is -2.50. The zero-order valence-corrected chi connectivity index (χ0v) is 24.7. The molecule has 1 aromatic rings. The number of amides is 2. The quantitative estimate of drug-likeness (QED) is 0.235. The Kier molecular flexibility index (Phi) is 12.6. The van der Waals surface area contributed by atoms with Crippen LogP contribution in [0.4, 0.5) is 0 Å². The fraction of sp³-hybridized carbons (Fsp3) is 0.645. The first kappa shape index (κ1) is 33.3. The van der Waals surface area contributed by atoms with Crippen molar-refractivity contribution in [1.82, 2.24) is 10.6 Å². The molecule has 222 valence electrons. The molecule has 5 atom stereocenters. The first-order chi connectivity index (χ1) is 18.7. The van der Waals surface area contributed by atoms with Crippen LogP contribution in [0, 0.1) is 23.7 Å². The summed E-state index contributed by atoms with van der Waals surface area (Å²) < 4.78 is 5.35. The molecule has 40 heavy (non-hydrogen) atoms. The molecule has 0 aliphatic carbocycles. The molecule has 1 heterocycles. The van der Waals surface area contributed by atoms with Crippen molar-refractivity contribution in [3.8, 4) is 0 Å². The largest absolute Gasteiger partial charge is 0.396 e. The number of aliphatic hydroxyl groups excluding tert-OH is 1. The van der Waals surface area contributed by atoms with E-state index >= 15 is 0 Å². The number of ether oxygens (including phenoxy) is 1. The van der Waals surface area contributed by atoms with Crippen LogP contribution in [0.15, 0.2) is 30.3 Å². The van der Waals surface area contributed by atoms with Crippen LogP contribution < -0.4 is 10.6 Å².